The molecule has 0 bridgehead atoms. The van der Waals surface area contributed by atoms with Crippen molar-refractivity contribution in [3.05, 3.63) is 46.3 Å². The topological polar surface area (TPSA) is 105 Å². The molecule has 2 heterocycles. The quantitative estimate of drug-likeness (QED) is 0.400. The van der Waals surface area contributed by atoms with Crippen molar-refractivity contribution in [3.8, 4) is 0 Å². The number of ether oxygens (including phenoxy) is 1. The van der Waals surface area contributed by atoms with Crippen molar-refractivity contribution >= 4 is 23.0 Å². The summed E-state index contributed by atoms with van der Waals surface area (Å²) in [7, 11) is 0. The van der Waals surface area contributed by atoms with Gasteiger partial charge in [-0.1, -0.05) is 0 Å². The maximum Gasteiger partial charge on any atom is 0.353 e. The monoisotopic (exact) mass is 394 g/mol. The van der Waals surface area contributed by atoms with E-state index in [-0.39, 0.29) is 17.3 Å². The number of halogens is 2. The summed E-state index contributed by atoms with van der Waals surface area (Å²) in [4.78, 5) is 20.9. The highest BCUT2D eigenvalue weighted by atomic mass is 19.1. The van der Waals surface area contributed by atoms with Crippen LogP contribution < -0.4 is 10.6 Å². The van der Waals surface area contributed by atoms with Crippen LogP contribution in [0.4, 0.5) is 31.8 Å². The van der Waals surface area contributed by atoms with Crippen LogP contribution in [-0.2, 0) is 4.74 Å². The number of nitro groups is 1. The molecule has 0 saturated carbocycles. The number of nitrogens with zero attached hydrogens (tertiary/aromatic N) is 4. The fourth-order valence-corrected chi connectivity index (χ4v) is 2.83. The molecule has 9 nitrogen and oxygen atoms in total. The fourth-order valence-electron chi connectivity index (χ4n) is 2.83. The standard InChI is InChI=1S/C17H20F2N6O3/c18-12-2-3-14(13(19)10-12)23-17-15(25(26)27)16(21-11-22-17)20-4-1-5-24-6-8-28-9-7-24/h2-3,10-11H,1,4-9H2,(H2,20,21,22,23). The van der Waals surface area contributed by atoms with Crippen molar-refractivity contribution in [1.82, 2.24) is 14.9 Å². The average molecular weight is 394 g/mol. The van der Waals surface area contributed by atoms with Crippen molar-refractivity contribution in [2.45, 2.75) is 6.42 Å². The Labute approximate surface area is 159 Å². The molecule has 1 aliphatic heterocycles. The maximum atomic E-state index is 13.8. The number of anilines is 3. The third-order valence-corrected chi connectivity index (χ3v) is 4.24. The Morgan fingerprint density at radius 2 is 1.96 bits per heavy atom. The summed E-state index contributed by atoms with van der Waals surface area (Å²) in [6.07, 6.45) is 1.90. The SMILES string of the molecule is O=[N+]([O-])c1c(NCCCN2CCOCC2)ncnc1Nc1ccc(F)cc1F. The second-order valence-electron chi connectivity index (χ2n) is 6.16. The Balaban J connectivity index is 1.67. The summed E-state index contributed by atoms with van der Waals surface area (Å²) >= 11 is 0. The van der Waals surface area contributed by atoms with Crippen LogP contribution in [0, 0.1) is 21.7 Å². The minimum atomic E-state index is -0.882. The number of hydrogen-bond acceptors (Lipinski definition) is 8. The molecule has 2 aromatic rings. The van der Waals surface area contributed by atoms with Gasteiger partial charge in [0.05, 0.1) is 23.8 Å². The first-order chi connectivity index (χ1) is 13.5. The summed E-state index contributed by atoms with van der Waals surface area (Å²) in [5, 5.41) is 17.0. The van der Waals surface area contributed by atoms with E-state index in [0.29, 0.717) is 25.8 Å². The fraction of sp³-hybridized carbons (Fsp3) is 0.412. The molecular formula is C17H20F2N6O3. The normalized spacial score (nSPS) is 14.6. The number of aromatic nitrogens is 2. The Morgan fingerprint density at radius 1 is 1.21 bits per heavy atom. The first-order valence-corrected chi connectivity index (χ1v) is 8.80. The Hall–Kier alpha value is -2.92. The van der Waals surface area contributed by atoms with E-state index in [1.54, 1.807) is 0 Å². The lowest BCUT2D eigenvalue weighted by atomic mass is 10.3. The molecule has 3 rings (SSSR count). The molecule has 1 aliphatic rings. The van der Waals surface area contributed by atoms with Crippen LogP contribution in [0.3, 0.4) is 0 Å². The molecule has 1 saturated heterocycles. The van der Waals surface area contributed by atoms with Gasteiger partial charge in [-0.25, -0.2) is 18.7 Å². The van der Waals surface area contributed by atoms with Crippen LogP contribution in [0.15, 0.2) is 24.5 Å². The Kier molecular flexibility index (Phi) is 6.61. The van der Waals surface area contributed by atoms with Crippen LogP contribution >= 0.6 is 0 Å². The molecule has 0 unspecified atom stereocenters. The predicted molar refractivity (Wildman–Crippen MR) is 98.7 cm³/mol. The molecule has 1 aromatic heterocycles. The van der Waals surface area contributed by atoms with Crippen molar-refractivity contribution in [2.24, 2.45) is 0 Å². The van der Waals surface area contributed by atoms with E-state index in [4.69, 9.17) is 4.74 Å². The van der Waals surface area contributed by atoms with Crippen molar-refractivity contribution < 1.29 is 18.4 Å². The maximum absolute atomic E-state index is 13.8. The van der Waals surface area contributed by atoms with E-state index in [0.717, 1.165) is 44.5 Å². The van der Waals surface area contributed by atoms with E-state index >= 15 is 0 Å². The summed E-state index contributed by atoms with van der Waals surface area (Å²) in [5.41, 5.74) is -0.529. The van der Waals surface area contributed by atoms with E-state index in [1.165, 1.54) is 0 Å². The third-order valence-electron chi connectivity index (χ3n) is 4.24. The second-order valence-corrected chi connectivity index (χ2v) is 6.16. The lowest BCUT2D eigenvalue weighted by molar-refractivity contribution is -0.383. The Morgan fingerprint density at radius 3 is 2.68 bits per heavy atom. The molecule has 0 spiro atoms. The lowest BCUT2D eigenvalue weighted by Gasteiger charge is -2.26. The van der Waals surface area contributed by atoms with Gasteiger partial charge >= 0.3 is 5.69 Å². The van der Waals surface area contributed by atoms with Crippen LogP contribution in [-0.4, -0.2) is 59.2 Å². The number of nitrogens with one attached hydrogen (secondary N) is 2. The highest BCUT2D eigenvalue weighted by Crippen LogP contribution is 2.31. The van der Waals surface area contributed by atoms with Gasteiger partial charge in [-0.3, -0.25) is 15.0 Å². The van der Waals surface area contributed by atoms with E-state index in [2.05, 4.69) is 25.5 Å². The molecule has 28 heavy (non-hydrogen) atoms. The van der Waals surface area contributed by atoms with Gasteiger partial charge in [-0.2, -0.15) is 0 Å². The van der Waals surface area contributed by atoms with Gasteiger partial charge in [0.25, 0.3) is 0 Å². The summed E-state index contributed by atoms with van der Waals surface area (Å²) in [6, 6.07) is 2.87. The number of hydrogen-bond donors (Lipinski definition) is 2. The van der Waals surface area contributed by atoms with Gasteiger partial charge in [0.1, 0.15) is 18.0 Å². The van der Waals surface area contributed by atoms with Crippen molar-refractivity contribution in [2.75, 3.05) is 50.0 Å². The molecule has 150 valence electrons. The third kappa shape index (κ3) is 5.08. The number of benzene rings is 1. The summed E-state index contributed by atoms with van der Waals surface area (Å²) in [6.45, 7) is 4.45. The summed E-state index contributed by atoms with van der Waals surface area (Å²) < 4.78 is 32.2. The minimum absolute atomic E-state index is 0.0343. The largest absolute Gasteiger partial charge is 0.379 e. The molecule has 0 aliphatic carbocycles. The van der Waals surface area contributed by atoms with E-state index in [1.807, 2.05) is 0 Å². The highest BCUT2D eigenvalue weighted by Gasteiger charge is 2.23. The highest BCUT2D eigenvalue weighted by molar-refractivity contribution is 5.73. The van der Waals surface area contributed by atoms with Crippen LogP contribution in [0.25, 0.3) is 0 Å². The van der Waals surface area contributed by atoms with Crippen molar-refractivity contribution in [1.29, 1.82) is 0 Å². The van der Waals surface area contributed by atoms with Crippen molar-refractivity contribution in [3.63, 3.8) is 0 Å². The molecule has 1 aromatic carbocycles. The average Bonchev–Trinajstić information content (AvgIpc) is 2.68. The minimum Gasteiger partial charge on any atom is -0.379 e. The van der Waals surface area contributed by atoms with Gasteiger partial charge in [0.15, 0.2) is 0 Å². The first-order valence-electron chi connectivity index (χ1n) is 8.80. The van der Waals surface area contributed by atoms with Gasteiger partial charge in [0.2, 0.25) is 11.6 Å². The molecule has 11 heteroatoms. The van der Waals surface area contributed by atoms with E-state index in [9.17, 15) is 18.9 Å². The van der Waals surface area contributed by atoms with Gasteiger partial charge in [-0.15, -0.1) is 0 Å². The summed E-state index contributed by atoms with van der Waals surface area (Å²) in [5.74, 6) is -1.77. The van der Waals surface area contributed by atoms with Gasteiger partial charge < -0.3 is 15.4 Å². The zero-order valence-electron chi connectivity index (χ0n) is 15.0. The molecule has 1 fully saturated rings. The molecule has 0 radical (unpaired) electrons. The van der Waals surface area contributed by atoms with Crippen LogP contribution in [0.2, 0.25) is 0 Å². The van der Waals surface area contributed by atoms with Crippen LogP contribution in [0.5, 0.6) is 0 Å². The molecule has 0 atom stereocenters. The molecular weight excluding hydrogens is 374 g/mol. The molecule has 2 N–H and O–H groups in total. The van der Waals surface area contributed by atoms with E-state index < -0.39 is 22.2 Å². The predicted octanol–water partition coefficient (Wildman–Crippen LogP) is 2.54. The first kappa shape index (κ1) is 19.8. The zero-order valence-corrected chi connectivity index (χ0v) is 15.0. The van der Waals surface area contributed by atoms with Gasteiger partial charge in [-0.05, 0) is 25.1 Å². The zero-order chi connectivity index (χ0) is 19.9. The Bertz CT molecular complexity index is 833. The van der Waals surface area contributed by atoms with Gasteiger partial charge in [0, 0.05) is 25.7 Å². The lowest BCUT2D eigenvalue weighted by Crippen LogP contribution is -2.37. The second kappa shape index (κ2) is 9.33. The number of rotatable bonds is 8. The smallest absolute Gasteiger partial charge is 0.353 e. The van der Waals surface area contributed by atoms with Crippen LogP contribution in [0.1, 0.15) is 6.42 Å². The molecule has 0 amide bonds. The number of morpholine rings is 1.